The quantitative estimate of drug-likeness (QED) is 0.773. The molecule has 4 nitrogen and oxygen atoms in total. The molecule has 0 aliphatic heterocycles. The van der Waals surface area contributed by atoms with Crippen LogP contribution in [0, 0.1) is 5.92 Å². The predicted molar refractivity (Wildman–Crippen MR) is 94.8 cm³/mol. The van der Waals surface area contributed by atoms with Gasteiger partial charge in [-0.2, -0.15) is 0 Å². The molecule has 1 atom stereocenters. The lowest BCUT2D eigenvalue weighted by molar-refractivity contribution is -0.120. The van der Waals surface area contributed by atoms with Crippen molar-refractivity contribution in [1.82, 2.24) is 4.57 Å². The smallest absolute Gasteiger partial charge is 0.229 e. The van der Waals surface area contributed by atoms with Gasteiger partial charge in [0.05, 0.1) is 12.5 Å². The molecule has 0 saturated carbocycles. The second kappa shape index (κ2) is 6.42. The van der Waals surface area contributed by atoms with Crippen molar-refractivity contribution >= 4 is 33.4 Å². The Morgan fingerprint density at radius 3 is 2.65 bits per heavy atom. The number of anilines is 1. The minimum absolute atomic E-state index is 0.0228. The van der Waals surface area contributed by atoms with Crippen LogP contribution in [0.5, 0.6) is 0 Å². The van der Waals surface area contributed by atoms with Crippen molar-refractivity contribution in [2.24, 2.45) is 5.92 Å². The van der Waals surface area contributed by atoms with E-state index in [-0.39, 0.29) is 11.8 Å². The molecule has 1 heterocycles. The molecule has 1 unspecified atom stereocenters. The summed E-state index contributed by atoms with van der Waals surface area (Å²) in [6.07, 6.45) is 0. The average molecular weight is 310 g/mol. The zero-order chi connectivity index (χ0) is 16.4. The van der Waals surface area contributed by atoms with Gasteiger partial charge in [-0.3, -0.25) is 4.79 Å². The molecule has 1 N–H and O–H groups in total. The van der Waals surface area contributed by atoms with Crippen LogP contribution in [0.25, 0.3) is 21.8 Å². The first-order valence-electron chi connectivity index (χ1n) is 7.96. The van der Waals surface area contributed by atoms with Gasteiger partial charge in [0.25, 0.3) is 0 Å². The number of hydrogen-bond acceptors (Lipinski definition) is 2. The van der Waals surface area contributed by atoms with Gasteiger partial charge in [-0.05, 0) is 31.2 Å². The number of carbonyl (C=O) groups is 1. The first kappa shape index (κ1) is 15.6. The Kier molecular flexibility index (Phi) is 4.35. The summed E-state index contributed by atoms with van der Waals surface area (Å²) < 4.78 is 7.34. The Hall–Kier alpha value is -2.33. The molecule has 1 aromatic heterocycles. The van der Waals surface area contributed by atoms with E-state index in [9.17, 15) is 4.79 Å². The third-order valence-corrected chi connectivity index (χ3v) is 4.22. The molecule has 120 valence electrons. The van der Waals surface area contributed by atoms with Gasteiger partial charge in [0.2, 0.25) is 5.91 Å². The summed E-state index contributed by atoms with van der Waals surface area (Å²) >= 11 is 0. The second-order valence-electron chi connectivity index (χ2n) is 5.84. The van der Waals surface area contributed by atoms with Gasteiger partial charge in [0.15, 0.2) is 0 Å². The fraction of sp³-hybridized carbons (Fsp3) is 0.316. The molecule has 0 fully saturated rings. The lowest BCUT2D eigenvalue weighted by Crippen LogP contribution is -2.23. The van der Waals surface area contributed by atoms with Gasteiger partial charge >= 0.3 is 0 Å². The maximum absolute atomic E-state index is 12.2. The van der Waals surface area contributed by atoms with Crippen LogP contribution in [0.3, 0.4) is 0 Å². The van der Waals surface area contributed by atoms with Crippen molar-refractivity contribution < 1.29 is 9.53 Å². The molecule has 0 saturated heterocycles. The summed E-state index contributed by atoms with van der Waals surface area (Å²) in [4.78, 5) is 12.2. The summed E-state index contributed by atoms with van der Waals surface area (Å²) in [5, 5.41) is 5.36. The molecular weight excluding hydrogens is 288 g/mol. The molecule has 0 spiro atoms. The fourth-order valence-corrected chi connectivity index (χ4v) is 3.06. The van der Waals surface area contributed by atoms with Crippen LogP contribution >= 0.6 is 0 Å². The van der Waals surface area contributed by atoms with Crippen LogP contribution in [0.2, 0.25) is 0 Å². The summed E-state index contributed by atoms with van der Waals surface area (Å²) in [7, 11) is 1.61. The number of aromatic nitrogens is 1. The van der Waals surface area contributed by atoms with E-state index in [0.717, 1.165) is 12.2 Å². The van der Waals surface area contributed by atoms with E-state index in [1.807, 2.05) is 19.1 Å². The molecule has 0 bridgehead atoms. The monoisotopic (exact) mass is 310 g/mol. The van der Waals surface area contributed by atoms with Crippen LogP contribution in [-0.2, 0) is 16.1 Å². The Labute approximate surface area is 136 Å². The number of amides is 1. The number of carbonyl (C=O) groups excluding carboxylic acids is 1. The standard InChI is InChI=1S/C19H22N2O2/c1-4-21-17-8-6-5-7-15(17)16-11-14(9-10-18(16)21)20-19(22)13(2)12-23-3/h5-11,13H,4,12H2,1-3H3,(H,20,22). The van der Waals surface area contributed by atoms with Crippen LogP contribution in [0.4, 0.5) is 5.69 Å². The van der Waals surface area contributed by atoms with Gasteiger partial charge in [0, 0.05) is 41.1 Å². The topological polar surface area (TPSA) is 43.3 Å². The van der Waals surface area contributed by atoms with Gasteiger partial charge in [-0.15, -0.1) is 0 Å². The summed E-state index contributed by atoms with van der Waals surface area (Å²) in [6, 6.07) is 14.5. The van der Waals surface area contributed by atoms with Gasteiger partial charge in [0.1, 0.15) is 0 Å². The van der Waals surface area contributed by atoms with E-state index < -0.39 is 0 Å². The molecule has 0 radical (unpaired) electrons. The van der Waals surface area contributed by atoms with Gasteiger partial charge < -0.3 is 14.6 Å². The highest BCUT2D eigenvalue weighted by Gasteiger charge is 2.14. The van der Waals surface area contributed by atoms with Crippen molar-refractivity contribution in [1.29, 1.82) is 0 Å². The Morgan fingerprint density at radius 1 is 1.17 bits per heavy atom. The number of para-hydroxylation sites is 1. The van der Waals surface area contributed by atoms with Crippen molar-refractivity contribution in [3.63, 3.8) is 0 Å². The lowest BCUT2D eigenvalue weighted by Gasteiger charge is -2.11. The summed E-state index contributed by atoms with van der Waals surface area (Å²) in [6.45, 7) is 5.35. The van der Waals surface area contributed by atoms with E-state index in [2.05, 4.69) is 47.1 Å². The minimum Gasteiger partial charge on any atom is -0.384 e. The number of rotatable bonds is 5. The van der Waals surface area contributed by atoms with E-state index in [1.54, 1.807) is 7.11 Å². The first-order chi connectivity index (χ1) is 11.2. The number of nitrogens with one attached hydrogen (secondary N) is 1. The van der Waals surface area contributed by atoms with Crippen LogP contribution in [0.1, 0.15) is 13.8 Å². The largest absolute Gasteiger partial charge is 0.384 e. The molecule has 23 heavy (non-hydrogen) atoms. The molecule has 3 rings (SSSR count). The highest BCUT2D eigenvalue weighted by Crippen LogP contribution is 2.31. The maximum Gasteiger partial charge on any atom is 0.229 e. The van der Waals surface area contributed by atoms with Crippen molar-refractivity contribution in [3.05, 3.63) is 42.5 Å². The zero-order valence-electron chi connectivity index (χ0n) is 13.8. The average Bonchev–Trinajstić information content (AvgIpc) is 2.88. The molecule has 2 aromatic carbocycles. The highest BCUT2D eigenvalue weighted by molar-refractivity contribution is 6.09. The third kappa shape index (κ3) is 2.82. The minimum atomic E-state index is -0.173. The molecule has 1 amide bonds. The van der Waals surface area contributed by atoms with E-state index in [1.165, 1.54) is 21.8 Å². The fourth-order valence-electron chi connectivity index (χ4n) is 3.06. The number of aryl methyl sites for hydroxylation is 1. The Balaban J connectivity index is 2.02. The Bertz CT molecular complexity index is 851. The highest BCUT2D eigenvalue weighted by atomic mass is 16.5. The van der Waals surface area contributed by atoms with Crippen LogP contribution in [0.15, 0.2) is 42.5 Å². The first-order valence-corrected chi connectivity index (χ1v) is 7.96. The molecule has 4 heteroatoms. The number of methoxy groups -OCH3 is 1. The van der Waals surface area contributed by atoms with E-state index in [0.29, 0.717) is 6.61 Å². The summed E-state index contributed by atoms with van der Waals surface area (Å²) in [5.41, 5.74) is 3.24. The normalized spacial score (nSPS) is 12.7. The van der Waals surface area contributed by atoms with E-state index in [4.69, 9.17) is 4.74 Å². The predicted octanol–water partition coefficient (Wildman–Crippen LogP) is 4.04. The Morgan fingerprint density at radius 2 is 1.91 bits per heavy atom. The number of hydrogen-bond donors (Lipinski definition) is 1. The number of fused-ring (bicyclic) bond motifs is 3. The lowest BCUT2D eigenvalue weighted by atomic mass is 10.1. The summed E-state index contributed by atoms with van der Waals surface area (Å²) in [5.74, 6) is -0.196. The van der Waals surface area contributed by atoms with Crippen molar-refractivity contribution in [3.8, 4) is 0 Å². The third-order valence-electron chi connectivity index (χ3n) is 4.22. The van der Waals surface area contributed by atoms with Crippen LogP contribution < -0.4 is 5.32 Å². The molecule has 3 aromatic rings. The van der Waals surface area contributed by atoms with Gasteiger partial charge in [-0.1, -0.05) is 25.1 Å². The van der Waals surface area contributed by atoms with Crippen LogP contribution in [-0.4, -0.2) is 24.2 Å². The van der Waals surface area contributed by atoms with Gasteiger partial charge in [-0.25, -0.2) is 0 Å². The van der Waals surface area contributed by atoms with E-state index >= 15 is 0 Å². The zero-order valence-corrected chi connectivity index (χ0v) is 13.8. The van der Waals surface area contributed by atoms with Crippen molar-refractivity contribution in [2.75, 3.05) is 19.0 Å². The van der Waals surface area contributed by atoms with Crippen molar-refractivity contribution in [2.45, 2.75) is 20.4 Å². The molecule has 0 aliphatic rings. The number of ether oxygens (including phenoxy) is 1. The maximum atomic E-state index is 12.2. The SMILES string of the molecule is CCn1c2ccccc2c2cc(NC(=O)C(C)COC)ccc21. The number of benzene rings is 2. The second-order valence-corrected chi connectivity index (χ2v) is 5.84. The number of nitrogens with zero attached hydrogens (tertiary/aromatic N) is 1. The molecule has 0 aliphatic carbocycles. The molecular formula is C19H22N2O2.